The molecular weight excluding hydrogens is 322 g/mol. The van der Waals surface area contributed by atoms with Crippen LogP contribution >= 0.6 is 0 Å². The zero-order valence-electron chi connectivity index (χ0n) is 13.3. The van der Waals surface area contributed by atoms with Gasteiger partial charge in [-0.1, -0.05) is 0 Å². The van der Waals surface area contributed by atoms with Gasteiger partial charge < -0.3 is 15.0 Å². The van der Waals surface area contributed by atoms with Gasteiger partial charge in [0.05, 0.1) is 18.2 Å². The van der Waals surface area contributed by atoms with E-state index >= 15 is 0 Å². The summed E-state index contributed by atoms with van der Waals surface area (Å²) in [6.07, 6.45) is -0.113. The number of anilines is 1. The van der Waals surface area contributed by atoms with Crippen molar-refractivity contribution in [3.63, 3.8) is 0 Å². The van der Waals surface area contributed by atoms with Crippen molar-refractivity contribution >= 4 is 23.5 Å². The van der Waals surface area contributed by atoms with Crippen molar-refractivity contribution in [2.24, 2.45) is 5.92 Å². The van der Waals surface area contributed by atoms with Crippen LogP contribution in [0.2, 0.25) is 0 Å². The molecule has 6 nitrogen and oxygen atoms in total. The number of nitrogens with zero attached hydrogens (tertiary/aromatic N) is 1. The minimum absolute atomic E-state index is 0.0389. The summed E-state index contributed by atoms with van der Waals surface area (Å²) in [7, 11) is 0. The maximum atomic E-state index is 13.8. The summed E-state index contributed by atoms with van der Waals surface area (Å²) in [5.74, 6) is -3.85. The molecule has 0 spiro atoms. The fourth-order valence-electron chi connectivity index (χ4n) is 2.47. The van der Waals surface area contributed by atoms with Crippen LogP contribution < -0.4 is 10.2 Å². The van der Waals surface area contributed by atoms with Crippen molar-refractivity contribution in [3.8, 4) is 0 Å². The number of rotatable bonds is 5. The molecule has 2 rings (SSSR count). The third kappa shape index (κ3) is 3.87. The van der Waals surface area contributed by atoms with Crippen LogP contribution in [0.4, 0.5) is 14.5 Å². The normalized spacial score (nSPS) is 18.4. The minimum atomic E-state index is -0.871. The standard InChI is InChI=1S/C16H18F2N2O4/c1-3-24-16(23)9(2)19-15(22)10-6-14(21)20(8-10)13-5-4-11(17)7-12(13)18/h4-5,7,9-10H,3,6,8H2,1-2H3,(H,19,22). The van der Waals surface area contributed by atoms with Crippen molar-refractivity contribution in [2.45, 2.75) is 26.3 Å². The summed E-state index contributed by atoms with van der Waals surface area (Å²) in [4.78, 5) is 36.8. The zero-order chi connectivity index (χ0) is 17.9. The summed E-state index contributed by atoms with van der Waals surface area (Å²) < 4.78 is 31.6. The molecule has 0 saturated carbocycles. The molecule has 2 amide bonds. The van der Waals surface area contributed by atoms with Gasteiger partial charge in [-0.25, -0.2) is 13.6 Å². The average molecular weight is 340 g/mol. The van der Waals surface area contributed by atoms with Crippen LogP contribution in [0.25, 0.3) is 0 Å². The summed E-state index contributed by atoms with van der Waals surface area (Å²) in [5.41, 5.74) is -0.0739. The van der Waals surface area contributed by atoms with E-state index in [0.29, 0.717) is 6.07 Å². The highest BCUT2D eigenvalue weighted by Crippen LogP contribution is 2.28. The SMILES string of the molecule is CCOC(=O)C(C)NC(=O)C1CC(=O)N(c2ccc(F)cc2F)C1. The Morgan fingerprint density at radius 3 is 2.75 bits per heavy atom. The topological polar surface area (TPSA) is 75.7 Å². The van der Waals surface area contributed by atoms with Crippen molar-refractivity contribution in [1.82, 2.24) is 5.32 Å². The van der Waals surface area contributed by atoms with Gasteiger partial charge in [0.15, 0.2) is 0 Å². The maximum absolute atomic E-state index is 13.8. The van der Waals surface area contributed by atoms with E-state index in [0.717, 1.165) is 17.0 Å². The Balaban J connectivity index is 2.03. The number of halogens is 2. The largest absolute Gasteiger partial charge is 0.464 e. The number of benzene rings is 1. The lowest BCUT2D eigenvalue weighted by atomic mass is 10.1. The van der Waals surface area contributed by atoms with E-state index in [1.54, 1.807) is 6.92 Å². The number of carbonyl (C=O) groups excluding carboxylic acids is 3. The van der Waals surface area contributed by atoms with Crippen molar-refractivity contribution < 1.29 is 27.9 Å². The van der Waals surface area contributed by atoms with Gasteiger partial charge >= 0.3 is 5.97 Å². The molecular formula is C16H18F2N2O4. The van der Waals surface area contributed by atoms with Gasteiger partial charge in [0.1, 0.15) is 17.7 Å². The van der Waals surface area contributed by atoms with Gasteiger partial charge in [-0.2, -0.15) is 0 Å². The highest BCUT2D eigenvalue weighted by atomic mass is 19.1. The van der Waals surface area contributed by atoms with Gasteiger partial charge in [0, 0.05) is 19.0 Å². The molecule has 1 aromatic carbocycles. The molecule has 1 aliphatic rings. The molecule has 1 N–H and O–H groups in total. The summed E-state index contributed by atoms with van der Waals surface area (Å²) in [6, 6.07) is 2.04. The molecule has 1 saturated heterocycles. The molecule has 1 aromatic rings. The second-order valence-electron chi connectivity index (χ2n) is 5.48. The van der Waals surface area contributed by atoms with Crippen molar-refractivity contribution in [1.29, 1.82) is 0 Å². The van der Waals surface area contributed by atoms with Crippen molar-refractivity contribution in [2.75, 3.05) is 18.1 Å². The second-order valence-corrected chi connectivity index (χ2v) is 5.48. The predicted molar refractivity (Wildman–Crippen MR) is 81.1 cm³/mol. The Kier molecular flexibility index (Phi) is 5.48. The van der Waals surface area contributed by atoms with Gasteiger partial charge in [-0.05, 0) is 26.0 Å². The number of hydrogen-bond acceptors (Lipinski definition) is 4. The highest BCUT2D eigenvalue weighted by molar-refractivity contribution is 6.00. The molecule has 24 heavy (non-hydrogen) atoms. The fraction of sp³-hybridized carbons (Fsp3) is 0.438. The first kappa shape index (κ1) is 17.8. The summed E-state index contributed by atoms with van der Waals surface area (Å²) >= 11 is 0. The number of amides is 2. The van der Waals surface area contributed by atoms with Crippen LogP contribution in [0.15, 0.2) is 18.2 Å². The Morgan fingerprint density at radius 2 is 2.12 bits per heavy atom. The van der Waals surface area contributed by atoms with E-state index in [1.165, 1.54) is 6.92 Å². The fourth-order valence-corrected chi connectivity index (χ4v) is 2.47. The molecule has 0 aromatic heterocycles. The van der Waals surface area contributed by atoms with Crippen LogP contribution in [-0.2, 0) is 19.1 Å². The van der Waals surface area contributed by atoms with Crippen molar-refractivity contribution in [3.05, 3.63) is 29.8 Å². The van der Waals surface area contributed by atoms with Crippen LogP contribution in [0, 0.1) is 17.6 Å². The molecule has 1 heterocycles. The van der Waals surface area contributed by atoms with Crippen LogP contribution in [0.5, 0.6) is 0 Å². The number of carbonyl (C=O) groups is 3. The van der Waals surface area contributed by atoms with Crippen LogP contribution in [-0.4, -0.2) is 37.0 Å². The zero-order valence-corrected chi connectivity index (χ0v) is 13.3. The Labute approximate surface area is 137 Å². The van der Waals surface area contributed by atoms with Crippen LogP contribution in [0.1, 0.15) is 20.3 Å². The number of nitrogens with one attached hydrogen (secondary N) is 1. The predicted octanol–water partition coefficient (Wildman–Crippen LogP) is 1.39. The average Bonchev–Trinajstić information content (AvgIpc) is 2.89. The molecule has 0 bridgehead atoms. The molecule has 2 unspecified atom stereocenters. The van der Waals surface area contributed by atoms with E-state index in [2.05, 4.69) is 5.32 Å². The third-order valence-electron chi connectivity index (χ3n) is 3.70. The van der Waals surface area contributed by atoms with Crippen LogP contribution in [0.3, 0.4) is 0 Å². The van der Waals surface area contributed by atoms with Gasteiger partial charge in [0.25, 0.3) is 0 Å². The lowest BCUT2D eigenvalue weighted by Crippen LogP contribution is -2.43. The first-order valence-electron chi connectivity index (χ1n) is 7.56. The third-order valence-corrected chi connectivity index (χ3v) is 3.70. The lowest BCUT2D eigenvalue weighted by Gasteiger charge is -2.18. The van der Waals surface area contributed by atoms with Gasteiger partial charge in [-0.3, -0.25) is 9.59 Å². The Morgan fingerprint density at radius 1 is 1.42 bits per heavy atom. The molecule has 1 aliphatic heterocycles. The van der Waals surface area contributed by atoms with E-state index in [-0.39, 0.29) is 25.3 Å². The maximum Gasteiger partial charge on any atom is 0.328 e. The highest BCUT2D eigenvalue weighted by Gasteiger charge is 2.37. The smallest absolute Gasteiger partial charge is 0.328 e. The van der Waals surface area contributed by atoms with E-state index in [4.69, 9.17) is 4.74 Å². The first-order chi connectivity index (χ1) is 11.3. The monoisotopic (exact) mass is 340 g/mol. The van der Waals surface area contributed by atoms with Gasteiger partial charge in [-0.15, -0.1) is 0 Å². The molecule has 2 atom stereocenters. The van der Waals surface area contributed by atoms with E-state index in [1.807, 2.05) is 0 Å². The molecule has 0 radical (unpaired) electrons. The van der Waals surface area contributed by atoms with Gasteiger partial charge in [0.2, 0.25) is 11.8 Å². The first-order valence-corrected chi connectivity index (χ1v) is 7.56. The number of ether oxygens (including phenoxy) is 1. The number of esters is 1. The molecule has 130 valence electrons. The molecule has 1 fully saturated rings. The Bertz CT molecular complexity index is 665. The molecule has 0 aliphatic carbocycles. The quantitative estimate of drug-likeness (QED) is 0.822. The second kappa shape index (κ2) is 7.37. The lowest BCUT2D eigenvalue weighted by molar-refractivity contribution is -0.147. The Hall–Kier alpha value is -2.51. The molecule has 8 heteroatoms. The number of hydrogen-bond donors (Lipinski definition) is 1. The minimum Gasteiger partial charge on any atom is -0.464 e. The summed E-state index contributed by atoms with van der Waals surface area (Å²) in [5, 5.41) is 2.48. The van der Waals surface area contributed by atoms with E-state index < -0.39 is 41.4 Å². The summed E-state index contributed by atoms with van der Waals surface area (Å²) in [6.45, 7) is 3.28. The van der Waals surface area contributed by atoms with E-state index in [9.17, 15) is 23.2 Å².